The molecule has 0 aromatic carbocycles. The predicted octanol–water partition coefficient (Wildman–Crippen LogP) is 3.13. The summed E-state index contributed by atoms with van der Waals surface area (Å²) in [5.41, 5.74) is 0. The van der Waals surface area contributed by atoms with E-state index < -0.39 is 5.97 Å². The lowest BCUT2D eigenvalue weighted by Crippen LogP contribution is -2.26. The van der Waals surface area contributed by atoms with E-state index in [-0.39, 0.29) is 5.91 Å². The second kappa shape index (κ2) is 7.28. The van der Waals surface area contributed by atoms with Crippen LogP contribution in [0.5, 0.6) is 0 Å². The minimum atomic E-state index is -0.923. The van der Waals surface area contributed by atoms with Gasteiger partial charge in [0.25, 0.3) is 0 Å². The van der Waals surface area contributed by atoms with Crippen LogP contribution in [0, 0.1) is 11.8 Å². The third-order valence-corrected chi connectivity index (χ3v) is 4.32. The zero-order valence-electron chi connectivity index (χ0n) is 11.6. The summed E-state index contributed by atoms with van der Waals surface area (Å²) in [6.07, 6.45) is 1.53. The number of hydrogen-bond donors (Lipinski definition) is 2. The lowest BCUT2D eigenvalue weighted by molar-refractivity contribution is -0.122. The Kier molecular flexibility index (Phi) is 6.02. The average molecular weight is 283 g/mol. The van der Waals surface area contributed by atoms with Gasteiger partial charge in [0.05, 0.1) is 6.54 Å². The van der Waals surface area contributed by atoms with Crippen LogP contribution in [0.2, 0.25) is 0 Å². The van der Waals surface area contributed by atoms with Gasteiger partial charge in [0.15, 0.2) is 0 Å². The van der Waals surface area contributed by atoms with Gasteiger partial charge in [-0.05, 0) is 24.0 Å². The summed E-state index contributed by atoms with van der Waals surface area (Å²) < 4.78 is 0. The van der Waals surface area contributed by atoms with Crippen molar-refractivity contribution in [2.24, 2.45) is 11.8 Å². The molecule has 0 saturated carbocycles. The van der Waals surface area contributed by atoms with Gasteiger partial charge in [0, 0.05) is 11.3 Å². The number of hydrogen-bond acceptors (Lipinski definition) is 3. The highest BCUT2D eigenvalue weighted by molar-refractivity contribution is 7.13. The van der Waals surface area contributed by atoms with Crippen molar-refractivity contribution in [2.45, 2.75) is 40.2 Å². The van der Waals surface area contributed by atoms with Crippen molar-refractivity contribution in [3.05, 3.63) is 21.9 Å². The summed E-state index contributed by atoms with van der Waals surface area (Å²) >= 11 is 1.20. The van der Waals surface area contributed by atoms with Crippen molar-refractivity contribution < 1.29 is 14.7 Å². The van der Waals surface area contributed by atoms with Crippen LogP contribution in [0.15, 0.2) is 12.1 Å². The normalized spacial score (nSPS) is 12.4. The highest BCUT2D eigenvalue weighted by atomic mass is 32.1. The Bertz CT molecular complexity index is 440. The van der Waals surface area contributed by atoms with Gasteiger partial charge in [-0.3, -0.25) is 4.79 Å². The topological polar surface area (TPSA) is 66.4 Å². The molecule has 0 aliphatic carbocycles. The highest BCUT2D eigenvalue weighted by Gasteiger charge is 2.15. The molecule has 0 spiro atoms. The number of amides is 1. The van der Waals surface area contributed by atoms with Crippen molar-refractivity contribution in [1.29, 1.82) is 0 Å². The molecule has 1 rings (SSSR count). The van der Waals surface area contributed by atoms with E-state index in [1.165, 1.54) is 11.3 Å². The molecule has 0 saturated heterocycles. The number of nitrogens with one attached hydrogen (secondary N) is 1. The summed E-state index contributed by atoms with van der Waals surface area (Å²) in [5.74, 6) is 0.00766. The van der Waals surface area contributed by atoms with Gasteiger partial charge in [-0.2, -0.15) is 0 Å². The second-order valence-electron chi connectivity index (χ2n) is 4.96. The summed E-state index contributed by atoms with van der Waals surface area (Å²) in [4.78, 5) is 23.7. The van der Waals surface area contributed by atoms with Crippen molar-refractivity contribution in [3.63, 3.8) is 0 Å². The first kappa shape index (κ1) is 15.7. The molecule has 0 radical (unpaired) electrons. The molecule has 1 aromatic heterocycles. The predicted molar refractivity (Wildman–Crippen MR) is 76.4 cm³/mol. The van der Waals surface area contributed by atoms with Crippen LogP contribution in [0.4, 0.5) is 0 Å². The van der Waals surface area contributed by atoms with Crippen LogP contribution in [-0.2, 0) is 11.3 Å². The molecule has 0 aliphatic heterocycles. The Morgan fingerprint density at radius 3 is 2.53 bits per heavy atom. The number of carbonyl (C=O) groups excluding carboxylic acids is 1. The quantitative estimate of drug-likeness (QED) is 0.808. The van der Waals surface area contributed by atoms with E-state index in [9.17, 15) is 9.59 Å². The van der Waals surface area contributed by atoms with Crippen LogP contribution in [0.25, 0.3) is 0 Å². The molecule has 0 bridgehead atoms. The molecule has 1 heterocycles. The summed E-state index contributed by atoms with van der Waals surface area (Å²) in [7, 11) is 0. The zero-order chi connectivity index (χ0) is 14.4. The van der Waals surface area contributed by atoms with E-state index >= 15 is 0 Å². The van der Waals surface area contributed by atoms with E-state index in [0.717, 1.165) is 11.3 Å². The van der Waals surface area contributed by atoms with Crippen molar-refractivity contribution in [3.8, 4) is 0 Å². The molecule has 1 unspecified atom stereocenters. The SMILES string of the molecule is CCC(CC(=O)NCc1ccc(C(=O)O)s1)C(C)C. The Labute approximate surface area is 117 Å². The van der Waals surface area contributed by atoms with E-state index in [1.54, 1.807) is 12.1 Å². The van der Waals surface area contributed by atoms with E-state index in [1.807, 2.05) is 0 Å². The van der Waals surface area contributed by atoms with Crippen LogP contribution >= 0.6 is 11.3 Å². The van der Waals surface area contributed by atoms with E-state index in [4.69, 9.17) is 5.11 Å². The fourth-order valence-corrected chi connectivity index (χ4v) is 2.72. The van der Waals surface area contributed by atoms with E-state index in [2.05, 4.69) is 26.1 Å². The van der Waals surface area contributed by atoms with Gasteiger partial charge in [-0.25, -0.2) is 4.79 Å². The fourth-order valence-electron chi connectivity index (χ4n) is 1.94. The van der Waals surface area contributed by atoms with Gasteiger partial charge in [-0.15, -0.1) is 11.3 Å². The van der Waals surface area contributed by atoms with E-state index in [0.29, 0.717) is 29.7 Å². The maximum atomic E-state index is 11.8. The van der Waals surface area contributed by atoms with Crippen LogP contribution in [0.1, 0.15) is 48.2 Å². The number of carboxylic acids is 1. The lowest BCUT2D eigenvalue weighted by Gasteiger charge is -2.18. The third kappa shape index (κ3) is 5.03. The standard InChI is InChI=1S/C14H21NO3S/c1-4-10(9(2)3)7-13(16)15-8-11-5-6-12(19-11)14(17)18/h5-6,9-10H,4,7-8H2,1-3H3,(H,15,16)(H,17,18). The molecule has 0 fully saturated rings. The Morgan fingerprint density at radius 1 is 1.37 bits per heavy atom. The highest BCUT2D eigenvalue weighted by Crippen LogP contribution is 2.19. The number of rotatable bonds is 7. The third-order valence-electron chi connectivity index (χ3n) is 3.25. The molecular weight excluding hydrogens is 262 g/mol. The summed E-state index contributed by atoms with van der Waals surface area (Å²) in [6.45, 7) is 6.75. The van der Waals surface area contributed by atoms with Crippen LogP contribution < -0.4 is 5.32 Å². The Balaban J connectivity index is 2.43. The molecule has 106 valence electrons. The van der Waals surface area contributed by atoms with Crippen LogP contribution in [-0.4, -0.2) is 17.0 Å². The largest absolute Gasteiger partial charge is 0.477 e. The van der Waals surface area contributed by atoms with Gasteiger partial charge in [0.2, 0.25) is 5.91 Å². The van der Waals surface area contributed by atoms with Gasteiger partial charge >= 0.3 is 5.97 Å². The number of aromatic carboxylic acids is 1. The molecule has 19 heavy (non-hydrogen) atoms. The first-order valence-electron chi connectivity index (χ1n) is 6.52. The minimum absolute atomic E-state index is 0.0332. The minimum Gasteiger partial charge on any atom is -0.477 e. The second-order valence-corrected chi connectivity index (χ2v) is 6.13. The van der Waals surface area contributed by atoms with Crippen molar-refractivity contribution in [1.82, 2.24) is 5.32 Å². The molecule has 2 N–H and O–H groups in total. The monoisotopic (exact) mass is 283 g/mol. The molecule has 0 aliphatic rings. The van der Waals surface area contributed by atoms with Crippen LogP contribution in [0.3, 0.4) is 0 Å². The summed E-state index contributed by atoms with van der Waals surface area (Å²) in [5, 5.41) is 11.7. The molecule has 1 atom stereocenters. The zero-order valence-corrected chi connectivity index (χ0v) is 12.4. The Morgan fingerprint density at radius 2 is 2.05 bits per heavy atom. The fraction of sp³-hybridized carbons (Fsp3) is 0.571. The first-order chi connectivity index (χ1) is 8.93. The molecule has 4 nitrogen and oxygen atoms in total. The van der Waals surface area contributed by atoms with Crippen molar-refractivity contribution >= 4 is 23.2 Å². The lowest BCUT2D eigenvalue weighted by atomic mass is 9.90. The average Bonchev–Trinajstić information content (AvgIpc) is 2.82. The molecule has 5 heteroatoms. The first-order valence-corrected chi connectivity index (χ1v) is 7.34. The smallest absolute Gasteiger partial charge is 0.345 e. The maximum Gasteiger partial charge on any atom is 0.345 e. The number of carboxylic acid groups (broad SMARTS) is 1. The van der Waals surface area contributed by atoms with Gasteiger partial charge < -0.3 is 10.4 Å². The number of thiophene rings is 1. The van der Waals surface area contributed by atoms with Crippen molar-refractivity contribution in [2.75, 3.05) is 0 Å². The summed E-state index contributed by atoms with van der Waals surface area (Å²) in [6, 6.07) is 3.31. The number of carbonyl (C=O) groups is 2. The van der Waals surface area contributed by atoms with Gasteiger partial charge in [0.1, 0.15) is 4.88 Å². The van der Waals surface area contributed by atoms with Gasteiger partial charge in [-0.1, -0.05) is 27.2 Å². The molecular formula is C14H21NO3S. The Hall–Kier alpha value is -1.36. The molecule has 1 amide bonds. The molecule has 1 aromatic rings. The maximum absolute atomic E-state index is 11.8.